The summed E-state index contributed by atoms with van der Waals surface area (Å²) in [5, 5.41) is 3.02. The Morgan fingerprint density at radius 1 is 1.31 bits per heavy atom. The fraction of sp³-hybridized carbons (Fsp3) is 0.400. The largest absolute Gasteiger partial charge is 0.333 e. The highest BCUT2D eigenvalue weighted by molar-refractivity contribution is 6.08. The number of nitrogens with one attached hydrogen (secondary N) is 1. The van der Waals surface area contributed by atoms with E-state index >= 15 is 0 Å². The fourth-order valence-electron chi connectivity index (χ4n) is 4.37. The van der Waals surface area contributed by atoms with Crippen molar-refractivity contribution in [2.24, 2.45) is 0 Å². The molecule has 1 N–H and O–H groups in total. The number of anilines is 1. The lowest BCUT2D eigenvalue weighted by atomic mass is 9.73. The third-order valence-corrected chi connectivity index (χ3v) is 5.58. The van der Waals surface area contributed by atoms with Crippen LogP contribution >= 0.6 is 0 Å². The van der Waals surface area contributed by atoms with E-state index in [2.05, 4.69) is 22.2 Å². The summed E-state index contributed by atoms with van der Waals surface area (Å²) in [6, 6.07) is 7.65. The van der Waals surface area contributed by atoms with E-state index in [1.54, 1.807) is 6.20 Å². The van der Waals surface area contributed by atoms with Crippen LogP contribution in [0, 0.1) is 6.92 Å². The summed E-state index contributed by atoms with van der Waals surface area (Å²) in [4.78, 5) is 36.4. The van der Waals surface area contributed by atoms with E-state index in [1.165, 1.54) is 6.20 Å². The van der Waals surface area contributed by atoms with Gasteiger partial charge in [-0.3, -0.25) is 14.6 Å². The zero-order valence-corrected chi connectivity index (χ0v) is 15.0. The molecule has 1 spiro atoms. The molecular weight excluding hydrogens is 328 g/mol. The molecule has 2 aliphatic heterocycles. The Hall–Kier alpha value is -2.76. The Morgan fingerprint density at radius 3 is 2.85 bits per heavy atom. The molecule has 0 aliphatic carbocycles. The normalized spacial score (nSPS) is 24.0. The molecule has 2 atom stereocenters. The number of amides is 2. The molecule has 1 fully saturated rings. The number of fused-ring (bicyclic) bond motifs is 2. The number of carbonyl (C=O) groups is 2. The number of rotatable bonds is 3. The molecule has 1 saturated heterocycles. The van der Waals surface area contributed by atoms with Crippen LogP contribution in [0.3, 0.4) is 0 Å². The molecule has 1 aromatic heterocycles. The van der Waals surface area contributed by atoms with Crippen LogP contribution in [0.5, 0.6) is 0 Å². The minimum atomic E-state index is -0.666. The van der Waals surface area contributed by atoms with Crippen LogP contribution in [0.15, 0.2) is 36.7 Å². The van der Waals surface area contributed by atoms with Gasteiger partial charge >= 0.3 is 0 Å². The second-order valence-electron chi connectivity index (χ2n) is 7.07. The minimum absolute atomic E-state index is 0.00226. The van der Waals surface area contributed by atoms with Gasteiger partial charge in [0, 0.05) is 18.4 Å². The van der Waals surface area contributed by atoms with Crippen LogP contribution in [0.1, 0.15) is 47.9 Å². The highest BCUT2D eigenvalue weighted by Crippen LogP contribution is 2.49. The van der Waals surface area contributed by atoms with Crippen LogP contribution in [0.4, 0.5) is 5.69 Å². The molecule has 2 amide bonds. The number of nitrogens with zero attached hydrogens (tertiary/aromatic N) is 3. The standard InChI is InChI=1S/C20H22N4O2/c1-3-6-17-20(14-7-4-5-8-15(14)23-19(20)26)9-10-24(17)18(25)16-12-21-13(2)11-22-16/h4-5,7-8,11-12,17H,3,6,9-10H2,1-2H3,(H,23,26)/t17-,20+/m0/s1. The Kier molecular flexibility index (Phi) is 3.98. The number of para-hydroxylation sites is 1. The highest BCUT2D eigenvalue weighted by Gasteiger charge is 2.58. The smallest absolute Gasteiger partial charge is 0.274 e. The molecule has 134 valence electrons. The zero-order chi connectivity index (χ0) is 18.3. The average Bonchev–Trinajstić information content (AvgIpc) is 3.16. The first-order chi connectivity index (χ1) is 12.6. The molecule has 6 nitrogen and oxygen atoms in total. The van der Waals surface area contributed by atoms with Crippen molar-refractivity contribution in [3.63, 3.8) is 0 Å². The molecule has 0 radical (unpaired) electrons. The van der Waals surface area contributed by atoms with E-state index in [9.17, 15) is 9.59 Å². The molecular formula is C20H22N4O2. The Bertz CT molecular complexity index is 864. The fourth-order valence-corrected chi connectivity index (χ4v) is 4.37. The lowest BCUT2D eigenvalue weighted by Gasteiger charge is -2.33. The van der Waals surface area contributed by atoms with Crippen molar-refractivity contribution in [2.45, 2.75) is 44.6 Å². The number of hydrogen-bond acceptors (Lipinski definition) is 4. The number of likely N-dealkylation sites (tertiary alicyclic amines) is 1. The predicted molar refractivity (Wildman–Crippen MR) is 97.9 cm³/mol. The molecule has 2 aliphatic rings. The van der Waals surface area contributed by atoms with Gasteiger partial charge in [0.2, 0.25) is 5.91 Å². The van der Waals surface area contributed by atoms with E-state index in [0.29, 0.717) is 18.7 Å². The Balaban J connectivity index is 1.74. The number of aromatic nitrogens is 2. The van der Waals surface area contributed by atoms with Crippen molar-refractivity contribution in [3.05, 3.63) is 53.6 Å². The van der Waals surface area contributed by atoms with Crippen LogP contribution in [-0.4, -0.2) is 39.3 Å². The predicted octanol–water partition coefficient (Wildman–Crippen LogP) is 2.69. The van der Waals surface area contributed by atoms with Crippen molar-refractivity contribution in [3.8, 4) is 0 Å². The molecule has 3 heterocycles. The van der Waals surface area contributed by atoms with Gasteiger partial charge in [0.05, 0.1) is 23.3 Å². The topological polar surface area (TPSA) is 75.2 Å². The monoisotopic (exact) mass is 350 g/mol. The quantitative estimate of drug-likeness (QED) is 0.923. The summed E-state index contributed by atoms with van der Waals surface area (Å²) in [6.45, 7) is 4.46. The first-order valence-electron chi connectivity index (χ1n) is 9.08. The van der Waals surface area contributed by atoms with Crippen LogP contribution in [0.25, 0.3) is 0 Å². The highest BCUT2D eigenvalue weighted by atomic mass is 16.2. The van der Waals surface area contributed by atoms with Gasteiger partial charge in [0.15, 0.2) is 0 Å². The van der Waals surface area contributed by atoms with E-state index < -0.39 is 5.41 Å². The van der Waals surface area contributed by atoms with Crippen molar-refractivity contribution >= 4 is 17.5 Å². The first-order valence-corrected chi connectivity index (χ1v) is 9.08. The Morgan fingerprint density at radius 2 is 2.12 bits per heavy atom. The number of aryl methyl sites for hydroxylation is 1. The maximum absolute atomic E-state index is 13.1. The molecule has 6 heteroatoms. The Labute approximate surface area is 152 Å². The summed E-state index contributed by atoms with van der Waals surface area (Å²) < 4.78 is 0. The first kappa shape index (κ1) is 16.7. The van der Waals surface area contributed by atoms with Gasteiger partial charge in [0.1, 0.15) is 5.69 Å². The molecule has 0 bridgehead atoms. The van der Waals surface area contributed by atoms with Crippen molar-refractivity contribution in [1.29, 1.82) is 0 Å². The molecule has 0 unspecified atom stereocenters. The van der Waals surface area contributed by atoms with E-state index in [-0.39, 0.29) is 17.9 Å². The second-order valence-corrected chi connectivity index (χ2v) is 7.07. The van der Waals surface area contributed by atoms with Crippen LogP contribution in [-0.2, 0) is 10.2 Å². The molecule has 26 heavy (non-hydrogen) atoms. The van der Waals surface area contributed by atoms with E-state index in [4.69, 9.17) is 0 Å². The summed E-state index contributed by atoms with van der Waals surface area (Å²) >= 11 is 0. The van der Waals surface area contributed by atoms with Gasteiger partial charge in [-0.1, -0.05) is 31.5 Å². The third-order valence-electron chi connectivity index (χ3n) is 5.58. The van der Waals surface area contributed by atoms with Gasteiger partial charge in [-0.15, -0.1) is 0 Å². The minimum Gasteiger partial charge on any atom is -0.333 e. The number of carbonyl (C=O) groups excluding carboxylic acids is 2. The number of benzene rings is 1. The zero-order valence-electron chi connectivity index (χ0n) is 15.0. The maximum atomic E-state index is 13.1. The molecule has 1 aromatic carbocycles. The molecule has 0 saturated carbocycles. The van der Waals surface area contributed by atoms with Gasteiger partial charge < -0.3 is 10.2 Å². The summed E-state index contributed by atoms with van der Waals surface area (Å²) in [7, 11) is 0. The summed E-state index contributed by atoms with van der Waals surface area (Å²) in [5.74, 6) is -0.146. The lowest BCUT2D eigenvalue weighted by Crippen LogP contribution is -2.48. The van der Waals surface area contributed by atoms with E-state index in [1.807, 2.05) is 36.1 Å². The van der Waals surface area contributed by atoms with Gasteiger partial charge in [-0.2, -0.15) is 0 Å². The van der Waals surface area contributed by atoms with Crippen LogP contribution in [0.2, 0.25) is 0 Å². The molecule has 2 aromatic rings. The van der Waals surface area contributed by atoms with Gasteiger partial charge in [-0.25, -0.2) is 4.98 Å². The second kappa shape index (κ2) is 6.20. The summed E-state index contributed by atoms with van der Waals surface area (Å²) in [5.41, 5.74) is 2.31. The van der Waals surface area contributed by atoms with Gasteiger partial charge in [0.25, 0.3) is 5.91 Å². The third kappa shape index (κ3) is 2.32. The molecule has 4 rings (SSSR count). The summed E-state index contributed by atoms with van der Waals surface area (Å²) in [6.07, 6.45) is 5.42. The van der Waals surface area contributed by atoms with Crippen LogP contribution < -0.4 is 5.32 Å². The maximum Gasteiger partial charge on any atom is 0.274 e. The van der Waals surface area contributed by atoms with Crippen molar-refractivity contribution < 1.29 is 9.59 Å². The SMILES string of the molecule is CCC[C@@H]1N(C(=O)c2cnc(C)cn2)CC[C@]12C(=O)Nc1ccccc12. The van der Waals surface area contributed by atoms with E-state index in [0.717, 1.165) is 29.8 Å². The van der Waals surface area contributed by atoms with Crippen molar-refractivity contribution in [2.75, 3.05) is 11.9 Å². The van der Waals surface area contributed by atoms with Gasteiger partial charge in [-0.05, 0) is 31.4 Å². The van der Waals surface area contributed by atoms with Crippen molar-refractivity contribution in [1.82, 2.24) is 14.9 Å². The lowest BCUT2D eigenvalue weighted by molar-refractivity contribution is -0.121. The average molecular weight is 350 g/mol. The number of hydrogen-bond donors (Lipinski definition) is 1.